The third-order valence-electron chi connectivity index (χ3n) is 3.38. The lowest BCUT2D eigenvalue weighted by atomic mass is 9.79. The molecule has 2 aromatic carbocycles. The molecule has 0 unspecified atom stereocenters. The average Bonchev–Trinajstić information content (AvgIpc) is 2.48. The molecule has 0 aromatic heterocycles. The van der Waals surface area contributed by atoms with E-state index in [9.17, 15) is 0 Å². The summed E-state index contributed by atoms with van der Waals surface area (Å²) in [5.74, 6) is 0. The second-order valence-electron chi connectivity index (χ2n) is 4.68. The molecule has 0 amide bonds. The number of hydrogen-bond acceptors (Lipinski definition) is 0. The predicted octanol–water partition coefficient (Wildman–Crippen LogP) is 5.61. The average molecular weight is 403 g/mol. The van der Waals surface area contributed by atoms with Crippen molar-refractivity contribution >= 4 is 43.5 Å². The van der Waals surface area contributed by atoms with Gasteiger partial charge in [-0.25, -0.2) is 0 Å². The Bertz CT molecular complexity index is 521. The third kappa shape index (κ3) is 3.42. The Morgan fingerprint density at radius 2 is 1.42 bits per heavy atom. The summed E-state index contributed by atoms with van der Waals surface area (Å²) >= 11 is 13.7. The highest BCUT2D eigenvalue weighted by Gasteiger charge is 2.30. The largest absolute Gasteiger partial charge is 0.0918 e. The molecular weight excluding hydrogens is 387 g/mol. The van der Waals surface area contributed by atoms with Crippen molar-refractivity contribution in [1.82, 2.24) is 0 Å². The minimum atomic E-state index is 0.0201. The standard InChI is InChI=1S/C16H15Br2Cl/c17-11-16(12-18,14-7-2-1-3-8-14)10-13-6-4-5-9-15(13)19/h1-9H,10-12H2. The highest BCUT2D eigenvalue weighted by Crippen LogP contribution is 2.34. The van der Waals surface area contributed by atoms with Crippen LogP contribution in [0.4, 0.5) is 0 Å². The predicted molar refractivity (Wildman–Crippen MR) is 90.9 cm³/mol. The quantitative estimate of drug-likeness (QED) is 0.570. The molecule has 0 aliphatic rings. The van der Waals surface area contributed by atoms with E-state index < -0.39 is 0 Å². The van der Waals surface area contributed by atoms with Crippen LogP contribution < -0.4 is 0 Å². The fraction of sp³-hybridized carbons (Fsp3) is 0.250. The van der Waals surface area contributed by atoms with Crippen molar-refractivity contribution in [3.05, 3.63) is 70.7 Å². The summed E-state index contributed by atoms with van der Waals surface area (Å²) in [5.41, 5.74) is 2.53. The van der Waals surface area contributed by atoms with E-state index in [0.717, 1.165) is 22.1 Å². The zero-order valence-electron chi connectivity index (χ0n) is 10.5. The molecule has 0 heterocycles. The van der Waals surface area contributed by atoms with Gasteiger partial charge in [0.25, 0.3) is 0 Å². The minimum Gasteiger partial charge on any atom is -0.0918 e. The first-order chi connectivity index (χ1) is 9.22. The minimum absolute atomic E-state index is 0.0201. The van der Waals surface area contributed by atoms with Crippen LogP contribution in [0.2, 0.25) is 5.02 Å². The van der Waals surface area contributed by atoms with Crippen LogP contribution in [0.5, 0.6) is 0 Å². The number of halogens is 3. The Kier molecular flexibility index (Phi) is 5.49. The van der Waals surface area contributed by atoms with Crippen molar-refractivity contribution in [2.75, 3.05) is 10.7 Å². The molecule has 0 spiro atoms. The Balaban J connectivity index is 2.38. The lowest BCUT2D eigenvalue weighted by molar-refractivity contribution is 0.551. The summed E-state index contributed by atoms with van der Waals surface area (Å²) in [5, 5.41) is 2.62. The summed E-state index contributed by atoms with van der Waals surface area (Å²) in [6, 6.07) is 18.6. The van der Waals surface area contributed by atoms with Gasteiger partial charge in [-0.15, -0.1) is 0 Å². The van der Waals surface area contributed by atoms with Gasteiger partial charge in [0.1, 0.15) is 0 Å². The van der Waals surface area contributed by atoms with Crippen molar-refractivity contribution in [3.8, 4) is 0 Å². The molecule has 0 fully saturated rings. The van der Waals surface area contributed by atoms with Crippen LogP contribution in [-0.2, 0) is 11.8 Å². The molecule has 0 saturated carbocycles. The van der Waals surface area contributed by atoms with Gasteiger partial charge in [0.05, 0.1) is 0 Å². The molecule has 0 radical (unpaired) electrons. The highest BCUT2D eigenvalue weighted by atomic mass is 79.9. The SMILES string of the molecule is Clc1ccccc1CC(CBr)(CBr)c1ccccc1. The Hall–Kier alpha value is -0.310. The van der Waals surface area contributed by atoms with Crippen molar-refractivity contribution in [2.24, 2.45) is 0 Å². The maximum absolute atomic E-state index is 6.30. The van der Waals surface area contributed by atoms with Crippen LogP contribution in [0, 0.1) is 0 Å². The summed E-state index contributed by atoms with van der Waals surface area (Å²) < 4.78 is 0. The third-order valence-corrected chi connectivity index (χ3v) is 5.90. The van der Waals surface area contributed by atoms with Crippen molar-refractivity contribution in [1.29, 1.82) is 0 Å². The van der Waals surface area contributed by atoms with Gasteiger partial charge in [-0.05, 0) is 23.6 Å². The number of benzene rings is 2. The molecular formula is C16H15Br2Cl. The molecule has 3 heteroatoms. The molecule has 0 bridgehead atoms. The van der Waals surface area contributed by atoms with Gasteiger partial charge >= 0.3 is 0 Å². The summed E-state index contributed by atoms with van der Waals surface area (Å²) in [7, 11) is 0. The normalized spacial score (nSPS) is 11.5. The van der Waals surface area contributed by atoms with Gasteiger partial charge in [0.2, 0.25) is 0 Å². The number of hydrogen-bond donors (Lipinski definition) is 0. The molecule has 0 N–H and O–H groups in total. The van der Waals surface area contributed by atoms with Gasteiger partial charge in [-0.3, -0.25) is 0 Å². The maximum Gasteiger partial charge on any atom is 0.0438 e. The van der Waals surface area contributed by atoms with E-state index in [1.807, 2.05) is 24.3 Å². The van der Waals surface area contributed by atoms with E-state index in [1.165, 1.54) is 11.1 Å². The number of alkyl halides is 2. The summed E-state index contributed by atoms with van der Waals surface area (Å²) in [4.78, 5) is 0. The zero-order chi connectivity index (χ0) is 13.7. The second-order valence-corrected chi connectivity index (χ2v) is 6.21. The molecule has 0 saturated heterocycles. The Morgan fingerprint density at radius 1 is 0.842 bits per heavy atom. The van der Waals surface area contributed by atoms with E-state index in [4.69, 9.17) is 11.6 Å². The van der Waals surface area contributed by atoms with Crippen LogP contribution in [0.1, 0.15) is 11.1 Å². The molecule has 100 valence electrons. The van der Waals surface area contributed by atoms with Crippen molar-refractivity contribution in [2.45, 2.75) is 11.8 Å². The van der Waals surface area contributed by atoms with Crippen LogP contribution in [0.25, 0.3) is 0 Å². The van der Waals surface area contributed by atoms with Crippen molar-refractivity contribution < 1.29 is 0 Å². The van der Waals surface area contributed by atoms with E-state index >= 15 is 0 Å². The monoisotopic (exact) mass is 400 g/mol. The first-order valence-corrected chi connectivity index (χ1v) is 8.75. The summed E-state index contributed by atoms with van der Waals surface area (Å²) in [6.07, 6.45) is 0.910. The van der Waals surface area contributed by atoms with Gasteiger partial charge in [0, 0.05) is 21.1 Å². The van der Waals surface area contributed by atoms with Gasteiger partial charge < -0.3 is 0 Å². The van der Waals surface area contributed by atoms with Crippen LogP contribution in [0.3, 0.4) is 0 Å². The van der Waals surface area contributed by atoms with Gasteiger partial charge in [0.15, 0.2) is 0 Å². The number of rotatable bonds is 5. The molecule has 2 aromatic rings. The molecule has 0 aliphatic heterocycles. The van der Waals surface area contributed by atoms with Gasteiger partial charge in [-0.1, -0.05) is 92.0 Å². The second kappa shape index (κ2) is 6.92. The topological polar surface area (TPSA) is 0 Å². The Morgan fingerprint density at radius 3 is 2.00 bits per heavy atom. The van der Waals surface area contributed by atoms with E-state index in [-0.39, 0.29) is 5.41 Å². The lowest BCUT2D eigenvalue weighted by Gasteiger charge is -2.31. The van der Waals surface area contributed by atoms with E-state index in [0.29, 0.717) is 0 Å². The van der Waals surface area contributed by atoms with E-state index in [2.05, 4.69) is 62.2 Å². The summed E-state index contributed by atoms with van der Waals surface area (Å²) in [6.45, 7) is 0. The Labute approximate surface area is 136 Å². The molecule has 0 atom stereocenters. The molecule has 0 nitrogen and oxygen atoms in total. The fourth-order valence-electron chi connectivity index (χ4n) is 2.18. The molecule has 2 rings (SSSR count). The fourth-order valence-corrected chi connectivity index (χ4v) is 4.36. The first kappa shape index (κ1) is 15.1. The zero-order valence-corrected chi connectivity index (χ0v) is 14.4. The lowest BCUT2D eigenvalue weighted by Crippen LogP contribution is -2.33. The van der Waals surface area contributed by atoms with Crippen LogP contribution in [-0.4, -0.2) is 10.7 Å². The van der Waals surface area contributed by atoms with E-state index in [1.54, 1.807) is 0 Å². The molecule has 19 heavy (non-hydrogen) atoms. The first-order valence-electron chi connectivity index (χ1n) is 6.13. The van der Waals surface area contributed by atoms with Crippen LogP contribution >= 0.6 is 43.5 Å². The highest BCUT2D eigenvalue weighted by molar-refractivity contribution is 9.09. The maximum atomic E-state index is 6.30. The smallest absolute Gasteiger partial charge is 0.0438 e. The van der Waals surface area contributed by atoms with Gasteiger partial charge in [-0.2, -0.15) is 0 Å². The van der Waals surface area contributed by atoms with Crippen LogP contribution in [0.15, 0.2) is 54.6 Å². The molecule has 0 aliphatic carbocycles. The van der Waals surface area contributed by atoms with Crippen molar-refractivity contribution in [3.63, 3.8) is 0 Å².